The number of likely N-dealkylation sites (N-methyl/N-ethyl adjacent to an activating group) is 1. The van der Waals surface area contributed by atoms with Gasteiger partial charge in [0.15, 0.2) is 0 Å². The summed E-state index contributed by atoms with van der Waals surface area (Å²) in [5.74, 6) is -1.78. The average Bonchev–Trinajstić information content (AvgIpc) is 3.18. The van der Waals surface area contributed by atoms with Crippen LogP contribution in [-0.4, -0.2) is 64.0 Å². The molecule has 1 N–H and O–H groups in total. The summed E-state index contributed by atoms with van der Waals surface area (Å²) in [4.78, 5) is 28.8. The van der Waals surface area contributed by atoms with Gasteiger partial charge in [0.2, 0.25) is 0 Å². The van der Waals surface area contributed by atoms with Crippen LogP contribution in [0.1, 0.15) is 50.5 Å². The lowest BCUT2D eigenvalue weighted by atomic mass is 9.81. The van der Waals surface area contributed by atoms with E-state index in [2.05, 4.69) is 4.90 Å². The molecule has 2 aromatic rings. The number of phenols is 1. The summed E-state index contributed by atoms with van der Waals surface area (Å²) in [6, 6.07) is 6.23. The van der Waals surface area contributed by atoms with Crippen molar-refractivity contribution in [2.24, 2.45) is 0 Å². The zero-order valence-corrected chi connectivity index (χ0v) is 18.3. The van der Waals surface area contributed by atoms with Gasteiger partial charge < -0.3 is 14.6 Å². The van der Waals surface area contributed by atoms with Gasteiger partial charge >= 0.3 is 6.18 Å². The minimum absolute atomic E-state index is 0.132. The summed E-state index contributed by atoms with van der Waals surface area (Å²) in [7, 11) is 1.94. The van der Waals surface area contributed by atoms with E-state index in [1.807, 2.05) is 7.05 Å². The Kier molecular flexibility index (Phi) is 5.35. The Hall–Kier alpha value is -2.81. The third-order valence-corrected chi connectivity index (χ3v) is 6.95. The molecule has 0 aliphatic carbocycles. The van der Waals surface area contributed by atoms with E-state index >= 15 is 0 Å². The van der Waals surface area contributed by atoms with Crippen molar-refractivity contribution < 1.29 is 27.9 Å². The number of benzene rings is 1. The standard InChI is InChI=1S/C23H26F3N3O3/c1-14-12-16(13-15(2)19(14)30)21(32)28-8-6-22(7-9-28)18-5-4-17(20(31)23(24,25)26)29(18)11-10-27(22)3/h4-5,12-13,30H,6-11H2,1-3H3. The molecule has 1 aromatic carbocycles. The second-order valence-electron chi connectivity index (χ2n) is 8.79. The molecular formula is C23H26F3N3O3. The number of rotatable bonds is 2. The molecule has 6 nitrogen and oxygen atoms in total. The smallest absolute Gasteiger partial charge is 0.456 e. The van der Waals surface area contributed by atoms with Crippen LogP contribution in [0.5, 0.6) is 5.75 Å². The number of phenolic OH excluding ortho intramolecular Hbond substituents is 1. The molecule has 32 heavy (non-hydrogen) atoms. The SMILES string of the molecule is Cc1cc(C(=O)N2CCC3(CC2)c2ccc(C(=O)C(F)(F)F)n2CCN3C)cc(C)c1O. The normalized spacial score (nSPS) is 18.6. The number of aryl methyl sites for hydroxylation is 2. The van der Waals surface area contributed by atoms with Crippen LogP contribution in [0.25, 0.3) is 0 Å². The number of Topliss-reactive ketones (excluding diaryl/α,β-unsaturated/α-hetero) is 1. The second-order valence-corrected chi connectivity index (χ2v) is 8.79. The van der Waals surface area contributed by atoms with E-state index in [1.54, 1.807) is 36.9 Å². The highest BCUT2D eigenvalue weighted by molar-refractivity contribution is 5.99. The summed E-state index contributed by atoms with van der Waals surface area (Å²) in [6.45, 7) is 5.20. The topological polar surface area (TPSA) is 65.8 Å². The molecule has 1 fully saturated rings. The van der Waals surface area contributed by atoms with Gasteiger partial charge in [0, 0.05) is 37.4 Å². The first-order chi connectivity index (χ1) is 15.0. The number of ketones is 1. The molecular weight excluding hydrogens is 423 g/mol. The van der Waals surface area contributed by atoms with E-state index < -0.39 is 17.5 Å². The third-order valence-electron chi connectivity index (χ3n) is 6.95. The molecule has 0 unspecified atom stereocenters. The number of hydrogen-bond donors (Lipinski definition) is 1. The van der Waals surface area contributed by atoms with Crippen LogP contribution in [0.15, 0.2) is 24.3 Å². The number of aromatic hydroxyl groups is 1. The van der Waals surface area contributed by atoms with E-state index in [4.69, 9.17) is 0 Å². The van der Waals surface area contributed by atoms with Crippen molar-refractivity contribution in [2.75, 3.05) is 26.7 Å². The Morgan fingerprint density at radius 3 is 2.16 bits per heavy atom. The maximum absolute atomic E-state index is 13.1. The summed E-state index contributed by atoms with van der Waals surface area (Å²) >= 11 is 0. The van der Waals surface area contributed by atoms with Crippen molar-refractivity contribution in [2.45, 2.75) is 44.9 Å². The quantitative estimate of drug-likeness (QED) is 0.712. The molecule has 1 amide bonds. The lowest BCUT2D eigenvalue weighted by molar-refractivity contribution is -0.0892. The molecule has 2 aliphatic heterocycles. The van der Waals surface area contributed by atoms with Crippen molar-refractivity contribution in [3.63, 3.8) is 0 Å². The lowest BCUT2D eigenvalue weighted by Gasteiger charge is -2.50. The van der Waals surface area contributed by atoms with Crippen LogP contribution >= 0.6 is 0 Å². The first-order valence-corrected chi connectivity index (χ1v) is 10.6. The fourth-order valence-electron chi connectivity index (χ4n) is 5.10. The number of carbonyl (C=O) groups is 2. The average molecular weight is 449 g/mol. The number of piperidine rings is 1. The molecule has 3 heterocycles. The van der Waals surface area contributed by atoms with Gasteiger partial charge in [0.05, 0.1) is 11.2 Å². The van der Waals surface area contributed by atoms with Crippen molar-refractivity contribution >= 4 is 11.7 Å². The van der Waals surface area contributed by atoms with E-state index in [0.717, 1.165) is 0 Å². The maximum atomic E-state index is 13.1. The van der Waals surface area contributed by atoms with Crippen molar-refractivity contribution in [3.8, 4) is 5.75 Å². The predicted octanol–water partition coefficient (Wildman–Crippen LogP) is 3.63. The zero-order chi connectivity index (χ0) is 23.4. The number of fused-ring (bicyclic) bond motifs is 2. The van der Waals surface area contributed by atoms with E-state index in [9.17, 15) is 27.9 Å². The molecule has 172 valence electrons. The number of halogens is 3. The number of nitrogens with zero attached hydrogens (tertiary/aromatic N) is 3. The Bertz CT molecular complexity index is 1060. The summed E-state index contributed by atoms with van der Waals surface area (Å²) in [5.41, 5.74) is 1.62. The molecule has 0 radical (unpaired) electrons. The highest BCUT2D eigenvalue weighted by atomic mass is 19.4. The molecule has 1 spiro atoms. The number of amides is 1. The van der Waals surface area contributed by atoms with E-state index in [-0.39, 0.29) is 17.4 Å². The van der Waals surface area contributed by atoms with Crippen LogP contribution in [-0.2, 0) is 12.1 Å². The predicted molar refractivity (Wildman–Crippen MR) is 112 cm³/mol. The summed E-state index contributed by atoms with van der Waals surface area (Å²) in [5, 5.41) is 9.98. The largest absolute Gasteiger partial charge is 0.507 e. The van der Waals surface area contributed by atoms with Gasteiger partial charge in [-0.1, -0.05) is 0 Å². The number of carbonyl (C=O) groups excluding carboxylic acids is 2. The van der Waals surface area contributed by atoms with Gasteiger partial charge in [0.1, 0.15) is 5.75 Å². The lowest BCUT2D eigenvalue weighted by Crippen LogP contribution is -2.56. The summed E-state index contributed by atoms with van der Waals surface area (Å²) in [6.07, 6.45) is -3.81. The molecule has 2 aliphatic rings. The van der Waals surface area contributed by atoms with E-state index in [1.165, 1.54) is 10.6 Å². The molecule has 0 saturated carbocycles. The highest BCUT2D eigenvalue weighted by Crippen LogP contribution is 2.42. The van der Waals surface area contributed by atoms with Crippen LogP contribution in [0.4, 0.5) is 13.2 Å². The van der Waals surface area contributed by atoms with Crippen molar-refractivity contribution in [1.82, 2.24) is 14.4 Å². The third kappa shape index (κ3) is 3.48. The van der Waals surface area contributed by atoms with Gasteiger partial charge in [-0.15, -0.1) is 0 Å². The number of likely N-dealkylation sites (tertiary alicyclic amines) is 1. The van der Waals surface area contributed by atoms with Gasteiger partial charge in [0.25, 0.3) is 11.7 Å². The Balaban J connectivity index is 1.59. The molecule has 4 rings (SSSR count). The molecule has 1 saturated heterocycles. The van der Waals surface area contributed by atoms with Gasteiger partial charge in [-0.2, -0.15) is 13.2 Å². The Morgan fingerprint density at radius 2 is 1.59 bits per heavy atom. The van der Waals surface area contributed by atoms with Crippen LogP contribution in [0.3, 0.4) is 0 Å². The number of aromatic nitrogens is 1. The van der Waals surface area contributed by atoms with E-state index in [0.29, 0.717) is 61.4 Å². The highest BCUT2D eigenvalue weighted by Gasteiger charge is 2.47. The minimum atomic E-state index is -4.91. The van der Waals surface area contributed by atoms with Crippen LogP contribution in [0, 0.1) is 13.8 Å². The fraction of sp³-hybridized carbons (Fsp3) is 0.478. The first kappa shape index (κ1) is 22.4. The van der Waals surface area contributed by atoms with Gasteiger partial charge in [-0.05, 0) is 69.1 Å². The van der Waals surface area contributed by atoms with Crippen molar-refractivity contribution in [3.05, 3.63) is 52.3 Å². The van der Waals surface area contributed by atoms with Crippen LogP contribution < -0.4 is 0 Å². The summed E-state index contributed by atoms with van der Waals surface area (Å²) < 4.78 is 40.6. The molecule has 9 heteroatoms. The van der Waals surface area contributed by atoms with Gasteiger partial charge in [-0.3, -0.25) is 14.5 Å². The Labute approximate surface area is 184 Å². The Morgan fingerprint density at radius 1 is 1.00 bits per heavy atom. The molecule has 0 bridgehead atoms. The van der Waals surface area contributed by atoms with Crippen LogP contribution in [0.2, 0.25) is 0 Å². The maximum Gasteiger partial charge on any atom is 0.456 e. The molecule has 0 atom stereocenters. The zero-order valence-electron chi connectivity index (χ0n) is 18.3. The second kappa shape index (κ2) is 7.65. The number of hydrogen-bond acceptors (Lipinski definition) is 4. The monoisotopic (exact) mass is 449 g/mol. The fourth-order valence-corrected chi connectivity index (χ4v) is 5.10. The number of alkyl halides is 3. The first-order valence-electron chi connectivity index (χ1n) is 10.6. The van der Waals surface area contributed by atoms with Gasteiger partial charge in [-0.25, -0.2) is 0 Å². The minimum Gasteiger partial charge on any atom is -0.507 e. The van der Waals surface area contributed by atoms with Crippen molar-refractivity contribution in [1.29, 1.82) is 0 Å². The molecule has 1 aromatic heterocycles.